The molecule has 8 heteroatoms. The second kappa shape index (κ2) is 6.01. The number of hydrogen-bond donors (Lipinski definition) is 1. The molecular weight excluding hydrogens is 404 g/mol. The number of hydrogen-bond acceptors (Lipinski definition) is 4. The van der Waals surface area contributed by atoms with Crippen molar-refractivity contribution in [1.29, 1.82) is 0 Å². The molecule has 0 radical (unpaired) electrons. The molecular formula is C22H16N2O5S. The molecule has 0 bridgehead atoms. The van der Waals surface area contributed by atoms with Crippen molar-refractivity contribution in [2.75, 3.05) is 0 Å². The van der Waals surface area contributed by atoms with E-state index < -0.39 is 10.3 Å². The topological polar surface area (TPSA) is 98.4 Å². The summed E-state index contributed by atoms with van der Waals surface area (Å²) < 4.78 is 37.2. The quantitative estimate of drug-likeness (QED) is 0.332. The van der Waals surface area contributed by atoms with Gasteiger partial charge in [0.2, 0.25) is 0 Å². The molecule has 0 unspecified atom stereocenters. The highest BCUT2D eigenvalue weighted by atomic mass is 32.2. The van der Waals surface area contributed by atoms with E-state index >= 15 is 0 Å². The fraction of sp³-hybridized carbons (Fsp3) is 0.0909. The number of fused-ring (bicyclic) bond motifs is 4. The van der Waals surface area contributed by atoms with E-state index in [0.717, 1.165) is 3.97 Å². The van der Waals surface area contributed by atoms with E-state index in [4.69, 9.17) is 0 Å². The molecule has 30 heavy (non-hydrogen) atoms. The van der Waals surface area contributed by atoms with Crippen LogP contribution in [-0.2, 0) is 17.4 Å². The second-order valence-electron chi connectivity index (χ2n) is 7.29. The number of aryl methyl sites for hydroxylation is 2. The van der Waals surface area contributed by atoms with Gasteiger partial charge >= 0.3 is 10.3 Å². The summed E-state index contributed by atoms with van der Waals surface area (Å²) in [5.74, 6) is 0. The van der Waals surface area contributed by atoms with Gasteiger partial charge in [0.25, 0.3) is 0 Å². The predicted molar refractivity (Wildman–Crippen MR) is 118 cm³/mol. The van der Waals surface area contributed by atoms with E-state index in [2.05, 4.69) is 0 Å². The summed E-state index contributed by atoms with van der Waals surface area (Å²) in [5, 5.41) is 1.06. The largest absolute Gasteiger partial charge is 0.364 e. The van der Waals surface area contributed by atoms with Crippen molar-refractivity contribution in [3.8, 4) is 0 Å². The maximum atomic E-state index is 13.3. The lowest BCUT2D eigenvalue weighted by atomic mass is 10.00. The first kappa shape index (κ1) is 18.5. The number of nitrogens with zero attached hydrogens (tertiary/aromatic N) is 2. The molecule has 5 rings (SSSR count). The molecule has 7 nitrogen and oxygen atoms in total. The van der Waals surface area contributed by atoms with Crippen molar-refractivity contribution in [2.24, 2.45) is 7.05 Å². The summed E-state index contributed by atoms with van der Waals surface area (Å²) in [6, 6.07) is 14.6. The lowest BCUT2D eigenvalue weighted by molar-refractivity contribution is 0.476. The zero-order valence-corrected chi connectivity index (χ0v) is 16.9. The maximum Gasteiger partial charge on any atom is 0.364 e. The lowest BCUT2D eigenvalue weighted by Gasteiger charge is -2.17. The summed E-state index contributed by atoms with van der Waals surface area (Å²) in [4.78, 5) is 26.5. The van der Waals surface area contributed by atoms with Crippen LogP contribution in [0, 0.1) is 6.92 Å². The first-order valence-corrected chi connectivity index (χ1v) is 10.6. The smallest absolute Gasteiger partial charge is 0.343 e. The van der Waals surface area contributed by atoms with Crippen molar-refractivity contribution in [2.45, 2.75) is 6.92 Å². The van der Waals surface area contributed by atoms with Crippen LogP contribution in [0.3, 0.4) is 0 Å². The summed E-state index contributed by atoms with van der Waals surface area (Å²) in [7, 11) is -2.96. The molecule has 0 aliphatic heterocycles. The van der Waals surface area contributed by atoms with E-state index in [1.54, 1.807) is 38.2 Å². The minimum atomic E-state index is -4.75. The zero-order valence-electron chi connectivity index (χ0n) is 16.1. The van der Waals surface area contributed by atoms with Gasteiger partial charge in [0.15, 0.2) is 10.9 Å². The summed E-state index contributed by atoms with van der Waals surface area (Å²) >= 11 is 0. The number of benzene rings is 3. The van der Waals surface area contributed by atoms with Gasteiger partial charge in [0.05, 0.1) is 27.5 Å². The number of para-hydroxylation sites is 2. The highest BCUT2D eigenvalue weighted by Gasteiger charge is 2.22. The van der Waals surface area contributed by atoms with Crippen molar-refractivity contribution >= 4 is 53.9 Å². The van der Waals surface area contributed by atoms with Crippen LogP contribution in [0.25, 0.3) is 43.6 Å². The standard InChI is InChI=1S/C22H16N2O5S/c1-12-19-18(24(30(27,28)29)17-10-6-4-8-14(17)22(19)26)11-15-20(12)23(2)16-9-5-3-7-13(16)21(15)25/h3-11H,1-2H3,(H,27,28,29). The van der Waals surface area contributed by atoms with E-state index in [1.807, 2.05) is 16.7 Å². The Balaban J connectivity index is 2.22. The van der Waals surface area contributed by atoms with Gasteiger partial charge in [-0.25, -0.2) is 3.97 Å². The number of rotatable bonds is 1. The van der Waals surface area contributed by atoms with Gasteiger partial charge in [0, 0.05) is 23.2 Å². The molecule has 0 saturated heterocycles. The third kappa shape index (κ3) is 2.31. The Hall–Kier alpha value is -3.49. The molecule has 0 saturated carbocycles. The SMILES string of the molecule is Cc1c2c(=O)c3ccccc3n(S(=O)(=O)O)c2cc2c(=O)c3ccccc3n(C)c12. The molecule has 0 aliphatic rings. The molecule has 1 N–H and O–H groups in total. The van der Waals surface area contributed by atoms with Gasteiger partial charge in [-0.3, -0.25) is 14.1 Å². The van der Waals surface area contributed by atoms with Crippen molar-refractivity contribution in [3.63, 3.8) is 0 Å². The minimum Gasteiger partial charge on any atom is -0.343 e. The molecule has 2 heterocycles. The predicted octanol–water partition coefficient (Wildman–Crippen LogP) is 3.12. The lowest BCUT2D eigenvalue weighted by Crippen LogP contribution is -2.20. The Labute approximate surface area is 170 Å². The fourth-order valence-corrected chi connectivity index (χ4v) is 5.22. The Bertz CT molecular complexity index is 1780. The van der Waals surface area contributed by atoms with Gasteiger partial charge in [-0.15, -0.1) is 0 Å². The normalized spacial score (nSPS) is 12.4. The molecule has 0 spiro atoms. The van der Waals surface area contributed by atoms with E-state index in [-0.39, 0.29) is 38.0 Å². The van der Waals surface area contributed by atoms with E-state index in [1.165, 1.54) is 18.2 Å². The van der Waals surface area contributed by atoms with Gasteiger partial charge in [-0.2, -0.15) is 8.42 Å². The average molecular weight is 420 g/mol. The third-order valence-electron chi connectivity index (χ3n) is 5.66. The van der Waals surface area contributed by atoms with Crippen LogP contribution in [0.2, 0.25) is 0 Å². The van der Waals surface area contributed by atoms with Gasteiger partial charge in [0.1, 0.15) is 0 Å². The first-order chi connectivity index (χ1) is 14.2. The highest BCUT2D eigenvalue weighted by Crippen LogP contribution is 2.29. The van der Waals surface area contributed by atoms with Gasteiger partial charge < -0.3 is 4.57 Å². The highest BCUT2D eigenvalue weighted by molar-refractivity contribution is 7.84. The molecule has 0 atom stereocenters. The number of aromatic nitrogens is 2. The molecule has 5 aromatic rings. The van der Waals surface area contributed by atoms with Gasteiger partial charge in [-0.05, 0) is 42.8 Å². The summed E-state index contributed by atoms with van der Waals surface area (Å²) in [6.07, 6.45) is 0. The Morgan fingerprint density at radius 2 is 1.37 bits per heavy atom. The van der Waals surface area contributed by atoms with Crippen LogP contribution in [0.15, 0.2) is 64.2 Å². The van der Waals surface area contributed by atoms with Crippen molar-refractivity contribution < 1.29 is 13.0 Å². The first-order valence-electron chi connectivity index (χ1n) is 9.18. The van der Waals surface area contributed by atoms with Gasteiger partial charge in [-0.1, -0.05) is 24.3 Å². The van der Waals surface area contributed by atoms with Crippen LogP contribution in [0.5, 0.6) is 0 Å². The zero-order chi connectivity index (χ0) is 21.4. The molecule has 0 fully saturated rings. The summed E-state index contributed by atoms with van der Waals surface area (Å²) in [6.45, 7) is 1.68. The number of pyridine rings is 2. The Kier molecular flexibility index (Phi) is 3.71. The minimum absolute atomic E-state index is 0.0291. The van der Waals surface area contributed by atoms with Crippen LogP contribution >= 0.6 is 0 Å². The van der Waals surface area contributed by atoms with E-state index in [9.17, 15) is 22.6 Å². The third-order valence-corrected chi connectivity index (χ3v) is 6.51. The van der Waals surface area contributed by atoms with Crippen LogP contribution < -0.4 is 10.9 Å². The molecule has 150 valence electrons. The average Bonchev–Trinajstić information content (AvgIpc) is 2.71. The van der Waals surface area contributed by atoms with Crippen LogP contribution in [0.4, 0.5) is 0 Å². The molecule has 0 aliphatic carbocycles. The second-order valence-corrected chi connectivity index (χ2v) is 8.55. The monoisotopic (exact) mass is 420 g/mol. The Morgan fingerprint density at radius 1 is 0.800 bits per heavy atom. The van der Waals surface area contributed by atoms with Crippen molar-refractivity contribution in [3.05, 3.63) is 80.6 Å². The van der Waals surface area contributed by atoms with E-state index in [0.29, 0.717) is 22.0 Å². The maximum absolute atomic E-state index is 13.3. The molecule has 2 aromatic heterocycles. The van der Waals surface area contributed by atoms with Crippen molar-refractivity contribution in [1.82, 2.24) is 8.54 Å². The van der Waals surface area contributed by atoms with Crippen LogP contribution in [0.1, 0.15) is 5.56 Å². The summed E-state index contributed by atoms with van der Waals surface area (Å²) in [5.41, 5.74) is 1.11. The molecule has 0 amide bonds. The Morgan fingerprint density at radius 3 is 2.00 bits per heavy atom. The van der Waals surface area contributed by atoms with Crippen LogP contribution in [-0.4, -0.2) is 21.5 Å². The molecule has 3 aromatic carbocycles. The fourth-order valence-electron chi connectivity index (χ4n) is 4.42.